The molecule has 0 aliphatic carbocycles. The molecule has 2 rings (SSSR count). The van der Waals surface area contributed by atoms with Crippen LogP contribution in [0.25, 0.3) is 0 Å². The summed E-state index contributed by atoms with van der Waals surface area (Å²) in [6, 6.07) is 18.4. The van der Waals surface area contributed by atoms with Gasteiger partial charge >= 0.3 is 0 Å². The van der Waals surface area contributed by atoms with E-state index in [0.29, 0.717) is 0 Å². The van der Waals surface area contributed by atoms with Gasteiger partial charge in [-0.05, 0) is 36.1 Å². The summed E-state index contributed by atoms with van der Waals surface area (Å²) < 4.78 is 0. The summed E-state index contributed by atoms with van der Waals surface area (Å²) in [6.07, 6.45) is 0. The van der Waals surface area contributed by atoms with Gasteiger partial charge in [0.25, 0.3) is 0 Å². The average Bonchev–Trinajstić information content (AvgIpc) is 2.59. The minimum Gasteiger partial charge on any atom is -0.410 e. The van der Waals surface area contributed by atoms with E-state index in [0.717, 1.165) is 11.1 Å². The molecule has 0 unspecified atom stereocenters. The molecule has 0 aliphatic heterocycles. The van der Waals surface area contributed by atoms with Gasteiger partial charge in [0.2, 0.25) is 0 Å². The molecular weight excluding hydrogens is 276 g/mol. The van der Waals surface area contributed by atoms with Crippen molar-refractivity contribution in [3.05, 3.63) is 71.8 Å². The van der Waals surface area contributed by atoms with Gasteiger partial charge in [-0.3, -0.25) is 0 Å². The Morgan fingerprint density at radius 1 is 0.636 bits per heavy atom. The molecule has 0 fully saturated rings. The second-order valence-electron chi connectivity index (χ2n) is 4.13. The number of hydrogen-bond donors (Lipinski definition) is 2. The minimum atomic E-state index is -0.102. The lowest BCUT2D eigenvalue weighted by atomic mass is 10.1. The van der Waals surface area contributed by atoms with Gasteiger partial charge in [-0.15, -0.1) is 0 Å². The highest BCUT2D eigenvalue weighted by molar-refractivity contribution is 6.54. The molecule has 0 atom stereocenters. The van der Waals surface area contributed by atoms with E-state index in [1.165, 1.54) is 0 Å². The van der Waals surface area contributed by atoms with Crippen LogP contribution >= 0.6 is 0 Å². The fourth-order valence-corrected chi connectivity index (χ4v) is 1.57. The molecule has 0 radical (unpaired) electrons. The van der Waals surface area contributed by atoms with Crippen LogP contribution in [0.15, 0.2) is 71.0 Å². The van der Waals surface area contributed by atoms with Gasteiger partial charge in [-0.1, -0.05) is 58.6 Å². The van der Waals surface area contributed by atoms with E-state index in [4.69, 9.17) is 10.4 Å². The zero-order chi connectivity index (χ0) is 15.6. The molecule has 2 aromatic rings. The van der Waals surface area contributed by atoms with Gasteiger partial charge in [0.1, 0.15) is 0 Å². The molecule has 0 saturated heterocycles. The Labute approximate surface area is 128 Å². The first-order chi connectivity index (χ1) is 10.8. The van der Waals surface area contributed by atoms with Crippen molar-refractivity contribution in [3.63, 3.8) is 0 Å². The molecule has 0 heterocycles. The number of nitrogens with zero attached hydrogens (tertiary/aromatic N) is 2. The van der Waals surface area contributed by atoms with Crippen LogP contribution in [0.1, 0.15) is 11.1 Å². The van der Waals surface area contributed by atoms with Crippen molar-refractivity contribution < 1.29 is 10.4 Å². The molecule has 106 valence electrons. The third kappa shape index (κ3) is 4.26. The maximum Gasteiger partial charge on any atom is 0.190 e. The Kier molecular flexibility index (Phi) is 5.38. The highest BCUT2D eigenvalue weighted by Crippen LogP contribution is 1.97. The van der Waals surface area contributed by atoms with Gasteiger partial charge in [-0.25, -0.2) is 0 Å². The summed E-state index contributed by atoms with van der Waals surface area (Å²) >= 11 is 0. The van der Waals surface area contributed by atoms with Crippen molar-refractivity contribution in [2.45, 2.75) is 0 Å². The number of benzene rings is 2. The van der Waals surface area contributed by atoms with E-state index in [1.54, 1.807) is 0 Å². The molecule has 4 nitrogen and oxygen atoms in total. The lowest BCUT2D eigenvalue weighted by Gasteiger charge is -1.92. The average molecular weight is 288 g/mol. The van der Waals surface area contributed by atoms with E-state index >= 15 is 0 Å². The molecule has 0 aliphatic rings. The van der Waals surface area contributed by atoms with Crippen LogP contribution in [0.4, 0.5) is 0 Å². The predicted octanol–water partition coefficient (Wildman–Crippen LogP) is 2.75. The summed E-state index contributed by atoms with van der Waals surface area (Å²) in [5.74, 6) is 10.9. The first-order valence-corrected chi connectivity index (χ1v) is 6.42. The Hall–Kier alpha value is -3.50. The second-order valence-corrected chi connectivity index (χ2v) is 4.13. The summed E-state index contributed by atoms with van der Waals surface area (Å²) in [4.78, 5) is 0. The van der Waals surface area contributed by atoms with Crippen LogP contribution in [0.2, 0.25) is 0 Å². The van der Waals surface area contributed by atoms with Crippen LogP contribution in [0.3, 0.4) is 0 Å². The zero-order valence-electron chi connectivity index (χ0n) is 11.6. The standard InChI is InChI=1S/C18H12N2O2/c21-19-17(13-11-15-7-3-1-4-8-15)18(20-22)14-12-16-9-5-2-6-10-16/h1-10,21-22H/b19-17+,20-18+. The van der Waals surface area contributed by atoms with Gasteiger partial charge in [0, 0.05) is 11.1 Å². The molecule has 4 heteroatoms. The fourth-order valence-electron chi connectivity index (χ4n) is 1.57. The predicted molar refractivity (Wildman–Crippen MR) is 85.1 cm³/mol. The third-order valence-corrected chi connectivity index (χ3v) is 2.62. The Morgan fingerprint density at radius 3 is 1.32 bits per heavy atom. The van der Waals surface area contributed by atoms with Crippen molar-refractivity contribution in [2.75, 3.05) is 0 Å². The monoisotopic (exact) mass is 288 g/mol. The third-order valence-electron chi connectivity index (χ3n) is 2.62. The summed E-state index contributed by atoms with van der Waals surface area (Å²) in [5.41, 5.74) is 1.29. The summed E-state index contributed by atoms with van der Waals surface area (Å²) in [5, 5.41) is 24.1. The van der Waals surface area contributed by atoms with E-state index in [2.05, 4.69) is 34.0 Å². The molecule has 0 saturated carbocycles. The largest absolute Gasteiger partial charge is 0.410 e. The lowest BCUT2D eigenvalue weighted by Crippen LogP contribution is -2.10. The summed E-state index contributed by atoms with van der Waals surface area (Å²) in [6.45, 7) is 0. The van der Waals surface area contributed by atoms with E-state index in [-0.39, 0.29) is 11.4 Å². The van der Waals surface area contributed by atoms with Crippen LogP contribution in [-0.4, -0.2) is 21.8 Å². The van der Waals surface area contributed by atoms with Crippen molar-refractivity contribution in [1.29, 1.82) is 0 Å². The number of oxime groups is 2. The molecule has 2 aromatic carbocycles. The molecule has 0 aromatic heterocycles. The van der Waals surface area contributed by atoms with Crippen LogP contribution in [-0.2, 0) is 0 Å². The van der Waals surface area contributed by atoms with Crippen molar-refractivity contribution in [1.82, 2.24) is 0 Å². The lowest BCUT2D eigenvalue weighted by molar-refractivity contribution is 0.315. The SMILES string of the molecule is O/N=C(C#Cc1ccccc1)/C(C#Cc1ccccc1)=N/O. The zero-order valence-corrected chi connectivity index (χ0v) is 11.6. The molecule has 0 spiro atoms. The summed E-state index contributed by atoms with van der Waals surface area (Å²) in [7, 11) is 0. The van der Waals surface area contributed by atoms with Crippen LogP contribution < -0.4 is 0 Å². The molecule has 0 amide bonds. The maximum atomic E-state index is 9.03. The van der Waals surface area contributed by atoms with Crippen molar-refractivity contribution in [2.24, 2.45) is 10.3 Å². The van der Waals surface area contributed by atoms with Gasteiger partial charge in [0.15, 0.2) is 11.4 Å². The fraction of sp³-hybridized carbons (Fsp3) is 0. The number of rotatable bonds is 1. The smallest absolute Gasteiger partial charge is 0.190 e. The first-order valence-electron chi connectivity index (χ1n) is 6.42. The molecule has 22 heavy (non-hydrogen) atoms. The van der Waals surface area contributed by atoms with Crippen LogP contribution in [0, 0.1) is 23.7 Å². The number of hydrogen-bond acceptors (Lipinski definition) is 4. The maximum absolute atomic E-state index is 9.03. The van der Waals surface area contributed by atoms with E-state index in [1.807, 2.05) is 60.7 Å². The topological polar surface area (TPSA) is 65.2 Å². The van der Waals surface area contributed by atoms with Crippen molar-refractivity contribution >= 4 is 11.4 Å². The van der Waals surface area contributed by atoms with Gasteiger partial charge in [0.05, 0.1) is 0 Å². The molecular formula is C18H12N2O2. The normalized spacial score (nSPS) is 10.9. The van der Waals surface area contributed by atoms with Gasteiger partial charge < -0.3 is 10.4 Å². The Balaban J connectivity index is 2.23. The highest BCUT2D eigenvalue weighted by Gasteiger charge is 2.04. The molecule has 2 N–H and O–H groups in total. The van der Waals surface area contributed by atoms with E-state index in [9.17, 15) is 0 Å². The molecule has 0 bridgehead atoms. The first kappa shape index (κ1) is 14.9. The quantitative estimate of drug-likeness (QED) is 0.367. The van der Waals surface area contributed by atoms with Gasteiger partial charge in [-0.2, -0.15) is 0 Å². The Morgan fingerprint density at radius 2 is 1.00 bits per heavy atom. The second kappa shape index (κ2) is 7.94. The minimum absolute atomic E-state index is 0.102. The van der Waals surface area contributed by atoms with Crippen LogP contribution in [0.5, 0.6) is 0 Å². The Bertz CT molecular complexity index is 731. The van der Waals surface area contributed by atoms with Crippen molar-refractivity contribution in [3.8, 4) is 23.7 Å². The van der Waals surface area contributed by atoms with E-state index < -0.39 is 0 Å². The highest BCUT2D eigenvalue weighted by atomic mass is 16.4.